The molecule has 0 unspecified atom stereocenters. The van der Waals surface area contributed by atoms with Gasteiger partial charge in [-0.2, -0.15) is 0 Å². The molecule has 10 atom stereocenters. The van der Waals surface area contributed by atoms with Gasteiger partial charge in [-0.05, 0) is 45.5 Å². The van der Waals surface area contributed by atoms with E-state index < -0.39 is 67.4 Å². The topological polar surface area (TPSA) is 130 Å². The molecular formula is C61H62O12. The lowest BCUT2D eigenvalue weighted by molar-refractivity contribution is -0.343. The lowest BCUT2D eigenvalue weighted by Gasteiger charge is -2.47. The molecule has 12 nitrogen and oxygen atoms in total. The summed E-state index contributed by atoms with van der Waals surface area (Å²) in [5.41, 5.74) is 5.87. The summed E-state index contributed by atoms with van der Waals surface area (Å²) in [5, 5.41) is 12.0. The highest BCUT2D eigenvalue weighted by atomic mass is 16.7. The van der Waals surface area contributed by atoms with E-state index in [4.69, 9.17) is 47.4 Å². The first-order chi connectivity index (χ1) is 36.0. The number of rotatable bonds is 24. The number of hydrogen-bond donors (Lipinski definition) is 1. The number of ether oxygens (including phenoxy) is 10. The van der Waals surface area contributed by atoms with Crippen LogP contribution in [0.5, 0.6) is 0 Å². The van der Waals surface area contributed by atoms with Gasteiger partial charge < -0.3 is 52.5 Å². The van der Waals surface area contributed by atoms with Crippen molar-refractivity contribution in [2.45, 2.75) is 101 Å². The molecule has 0 aromatic heterocycles. The SMILES string of the molecule is O=C(O[C@H]1[C@H](OC[C@H]2O[C@H](O)[C@H](OCc3ccccc3)[C@@H](OCc3ccccc3)[C@@H]2OCc2ccccc2)O[C@H](COCc2ccccc2)[C@@H](OCc2ccccc2)[C@@H]1OCc1ccccc1)c1ccccc1. The second-order valence-electron chi connectivity index (χ2n) is 18.0. The van der Waals surface area contributed by atoms with Crippen molar-refractivity contribution >= 4 is 5.97 Å². The molecule has 0 aliphatic carbocycles. The Kier molecular flexibility index (Phi) is 19.1. The molecule has 2 saturated heterocycles. The van der Waals surface area contributed by atoms with E-state index in [2.05, 4.69) is 0 Å². The van der Waals surface area contributed by atoms with E-state index in [0.29, 0.717) is 12.2 Å². The van der Waals surface area contributed by atoms with Gasteiger partial charge in [-0.3, -0.25) is 0 Å². The molecule has 2 aliphatic rings. The predicted octanol–water partition coefficient (Wildman–Crippen LogP) is 9.81. The van der Waals surface area contributed by atoms with Crippen LogP contribution in [0.2, 0.25) is 0 Å². The maximum absolute atomic E-state index is 14.3. The van der Waals surface area contributed by atoms with Crippen molar-refractivity contribution in [3.05, 3.63) is 251 Å². The van der Waals surface area contributed by atoms with Gasteiger partial charge in [-0.1, -0.05) is 200 Å². The number of aliphatic hydroxyl groups excluding tert-OH is 1. The monoisotopic (exact) mass is 986 g/mol. The molecule has 9 rings (SSSR count). The number of aliphatic hydroxyl groups is 1. The van der Waals surface area contributed by atoms with Gasteiger partial charge in [0.2, 0.25) is 0 Å². The van der Waals surface area contributed by atoms with Crippen LogP contribution in [-0.2, 0) is 87.0 Å². The summed E-state index contributed by atoms with van der Waals surface area (Å²) < 4.78 is 66.9. The van der Waals surface area contributed by atoms with E-state index >= 15 is 0 Å². The van der Waals surface area contributed by atoms with Gasteiger partial charge in [0.25, 0.3) is 0 Å². The standard InChI is InChI=1S/C61H62O12/c62-59(50-34-20-7-21-35-50)73-58-56(68-40-48-30-16-5-17-31-48)53(65-37-45-24-10-2-11-25-45)51(42-64-36-44-22-8-1-9-23-44)72-61(58)70-43-52-54(66-38-46-26-12-3-13-27-46)55(67-39-47-28-14-4-15-29-47)57(60(63)71-52)69-41-49-32-18-6-19-33-49/h1-35,51-58,60-61,63H,36-43H2/t51-,52-,53-,54-,55+,56+,57-,58-,60+,61-/m1/s1. The molecule has 2 fully saturated rings. The van der Waals surface area contributed by atoms with Gasteiger partial charge in [0.05, 0.1) is 58.4 Å². The van der Waals surface area contributed by atoms with Gasteiger partial charge >= 0.3 is 5.97 Å². The number of carbonyl (C=O) groups is 1. The van der Waals surface area contributed by atoms with Crippen LogP contribution in [0, 0.1) is 0 Å². The van der Waals surface area contributed by atoms with Gasteiger partial charge in [0.15, 0.2) is 18.7 Å². The molecule has 0 saturated carbocycles. The Morgan fingerprint density at radius 3 is 1.10 bits per heavy atom. The summed E-state index contributed by atoms with van der Waals surface area (Å²) >= 11 is 0. The third kappa shape index (κ3) is 14.9. The Labute approximate surface area is 427 Å². The van der Waals surface area contributed by atoms with E-state index in [-0.39, 0.29) is 46.2 Å². The molecule has 7 aromatic carbocycles. The van der Waals surface area contributed by atoms with Gasteiger partial charge in [0, 0.05) is 0 Å². The van der Waals surface area contributed by atoms with Gasteiger partial charge in [-0.25, -0.2) is 4.79 Å². The summed E-state index contributed by atoms with van der Waals surface area (Å²) in [4.78, 5) is 14.3. The minimum Gasteiger partial charge on any atom is -0.450 e. The number of carbonyl (C=O) groups excluding carboxylic acids is 1. The van der Waals surface area contributed by atoms with Gasteiger partial charge in [0.1, 0.15) is 42.7 Å². The lowest BCUT2D eigenvalue weighted by atomic mass is 9.97. The summed E-state index contributed by atoms with van der Waals surface area (Å²) in [6.45, 7) is 1.06. The zero-order valence-corrected chi connectivity index (χ0v) is 40.6. The number of esters is 1. The first-order valence-electron chi connectivity index (χ1n) is 24.8. The highest BCUT2D eigenvalue weighted by molar-refractivity contribution is 5.89. The Bertz CT molecular complexity index is 2630. The zero-order valence-electron chi connectivity index (χ0n) is 40.6. The van der Waals surface area contributed by atoms with Crippen LogP contribution >= 0.6 is 0 Å². The van der Waals surface area contributed by atoms with Crippen molar-refractivity contribution in [2.75, 3.05) is 13.2 Å². The molecule has 73 heavy (non-hydrogen) atoms. The molecule has 2 aliphatic heterocycles. The van der Waals surface area contributed by atoms with Crippen LogP contribution in [0.3, 0.4) is 0 Å². The van der Waals surface area contributed by atoms with E-state index in [1.807, 2.05) is 188 Å². The Hall–Kier alpha value is -6.39. The highest BCUT2D eigenvalue weighted by Crippen LogP contribution is 2.34. The number of hydrogen-bond acceptors (Lipinski definition) is 12. The predicted molar refractivity (Wildman–Crippen MR) is 272 cm³/mol. The Morgan fingerprint density at radius 1 is 0.356 bits per heavy atom. The quantitative estimate of drug-likeness (QED) is 0.0579. The Morgan fingerprint density at radius 2 is 0.685 bits per heavy atom. The van der Waals surface area contributed by atoms with Crippen molar-refractivity contribution in [3.63, 3.8) is 0 Å². The molecule has 0 amide bonds. The summed E-state index contributed by atoms with van der Waals surface area (Å²) in [7, 11) is 0. The van der Waals surface area contributed by atoms with E-state index in [1.54, 1.807) is 24.3 Å². The minimum absolute atomic E-state index is 0.0655. The maximum Gasteiger partial charge on any atom is 0.338 e. The van der Waals surface area contributed by atoms with Crippen molar-refractivity contribution in [1.29, 1.82) is 0 Å². The molecule has 0 spiro atoms. The summed E-state index contributed by atoms with van der Waals surface area (Å²) in [6.07, 6.45) is -10.2. The second kappa shape index (κ2) is 27.1. The van der Waals surface area contributed by atoms with Crippen molar-refractivity contribution < 1.29 is 57.3 Å². The second-order valence-corrected chi connectivity index (χ2v) is 18.0. The van der Waals surface area contributed by atoms with Gasteiger partial charge in [-0.15, -0.1) is 0 Å². The normalized spacial score (nSPS) is 23.9. The van der Waals surface area contributed by atoms with E-state index in [9.17, 15) is 9.90 Å². The molecule has 378 valence electrons. The molecule has 0 bridgehead atoms. The molecule has 0 radical (unpaired) electrons. The minimum atomic E-state index is -1.47. The fourth-order valence-corrected chi connectivity index (χ4v) is 8.92. The third-order valence-electron chi connectivity index (χ3n) is 12.7. The van der Waals surface area contributed by atoms with Crippen molar-refractivity contribution in [3.8, 4) is 0 Å². The first-order valence-corrected chi connectivity index (χ1v) is 24.8. The van der Waals surface area contributed by atoms with Crippen molar-refractivity contribution in [1.82, 2.24) is 0 Å². The van der Waals surface area contributed by atoms with Crippen molar-refractivity contribution in [2.24, 2.45) is 0 Å². The highest BCUT2D eigenvalue weighted by Gasteiger charge is 2.53. The lowest BCUT2D eigenvalue weighted by Crippen LogP contribution is -2.64. The zero-order chi connectivity index (χ0) is 49.9. The smallest absolute Gasteiger partial charge is 0.338 e. The molecule has 2 heterocycles. The van der Waals surface area contributed by atoms with E-state index in [0.717, 1.165) is 33.4 Å². The number of benzene rings is 7. The van der Waals surface area contributed by atoms with Crippen LogP contribution in [-0.4, -0.2) is 85.7 Å². The molecule has 7 aromatic rings. The fourth-order valence-electron chi connectivity index (χ4n) is 8.92. The average Bonchev–Trinajstić information content (AvgIpc) is 3.44. The fraction of sp³-hybridized carbons (Fsp3) is 0.295. The maximum atomic E-state index is 14.3. The van der Waals surface area contributed by atoms with Crippen LogP contribution in [0.4, 0.5) is 0 Å². The van der Waals surface area contributed by atoms with Crippen LogP contribution in [0.15, 0.2) is 212 Å². The summed E-state index contributed by atoms with van der Waals surface area (Å²) in [5.74, 6) is -0.613. The average molecular weight is 987 g/mol. The third-order valence-corrected chi connectivity index (χ3v) is 12.7. The molecule has 12 heteroatoms. The molecule has 1 N–H and O–H groups in total. The summed E-state index contributed by atoms with van der Waals surface area (Å²) in [6, 6.07) is 67.4. The Balaban J connectivity index is 1.05. The van der Waals surface area contributed by atoms with E-state index in [1.165, 1.54) is 0 Å². The first kappa shape index (κ1) is 51.5. The van der Waals surface area contributed by atoms with Crippen LogP contribution < -0.4 is 0 Å². The van der Waals surface area contributed by atoms with Crippen LogP contribution in [0.1, 0.15) is 43.7 Å². The largest absolute Gasteiger partial charge is 0.450 e. The van der Waals surface area contributed by atoms with Crippen LogP contribution in [0.25, 0.3) is 0 Å². The molecular weight excluding hydrogens is 925 g/mol.